The van der Waals surface area contributed by atoms with Gasteiger partial charge >= 0.3 is 16.1 Å². The van der Waals surface area contributed by atoms with Crippen LogP contribution in [0.5, 0.6) is 5.75 Å². The van der Waals surface area contributed by atoms with E-state index >= 15 is 0 Å². The summed E-state index contributed by atoms with van der Waals surface area (Å²) in [5, 5.41) is 2.66. The topological polar surface area (TPSA) is 98.8 Å². The largest absolute Gasteiger partial charge is 0.452 e. The van der Waals surface area contributed by atoms with E-state index < -0.39 is 28.6 Å². The van der Waals surface area contributed by atoms with Gasteiger partial charge in [-0.15, -0.1) is 0 Å². The second-order valence-corrected chi connectivity index (χ2v) is 8.93. The van der Waals surface area contributed by atoms with Gasteiger partial charge in [0.05, 0.1) is 0 Å². The van der Waals surface area contributed by atoms with Crippen LogP contribution in [0.1, 0.15) is 41.8 Å². The first-order valence-electron chi connectivity index (χ1n) is 9.64. The molecule has 8 heteroatoms. The lowest BCUT2D eigenvalue weighted by Crippen LogP contribution is -2.30. The Hall–Kier alpha value is -2.87. The Labute approximate surface area is 177 Å². The fourth-order valence-electron chi connectivity index (χ4n) is 2.61. The minimum Gasteiger partial charge on any atom is -0.452 e. The summed E-state index contributed by atoms with van der Waals surface area (Å²) in [5.41, 5.74) is 1.21. The molecule has 2 aromatic rings. The zero-order valence-corrected chi connectivity index (χ0v) is 18.4. The van der Waals surface area contributed by atoms with Gasteiger partial charge in [-0.2, -0.15) is 8.42 Å². The fourth-order valence-corrected chi connectivity index (χ4v) is 3.87. The van der Waals surface area contributed by atoms with E-state index in [0.29, 0.717) is 18.0 Å². The third kappa shape index (κ3) is 6.59. The maximum atomic E-state index is 12.8. The predicted octanol–water partition coefficient (Wildman–Crippen LogP) is 3.39. The van der Waals surface area contributed by atoms with E-state index in [-0.39, 0.29) is 16.2 Å². The van der Waals surface area contributed by atoms with Crippen molar-refractivity contribution in [2.75, 3.05) is 13.2 Å². The van der Waals surface area contributed by atoms with Crippen molar-refractivity contribution in [1.29, 1.82) is 0 Å². The van der Waals surface area contributed by atoms with Crippen LogP contribution in [0.4, 0.5) is 0 Å². The Balaban J connectivity index is 2.11. The molecule has 0 aliphatic rings. The van der Waals surface area contributed by atoms with Gasteiger partial charge in [0.15, 0.2) is 12.4 Å². The van der Waals surface area contributed by atoms with Gasteiger partial charge in [-0.1, -0.05) is 38.1 Å². The summed E-state index contributed by atoms with van der Waals surface area (Å²) >= 11 is 0. The van der Waals surface area contributed by atoms with Crippen molar-refractivity contribution < 1.29 is 26.9 Å². The number of rotatable bonds is 9. The lowest BCUT2D eigenvalue weighted by atomic mass is 10.1. The maximum Gasteiger partial charge on any atom is 0.342 e. The Morgan fingerprint density at radius 1 is 1.07 bits per heavy atom. The van der Waals surface area contributed by atoms with Crippen LogP contribution in [0.25, 0.3) is 0 Å². The fraction of sp³-hybridized carbons (Fsp3) is 0.364. The van der Waals surface area contributed by atoms with Crippen molar-refractivity contribution in [3.05, 3.63) is 59.2 Å². The molecule has 0 radical (unpaired) electrons. The second kappa shape index (κ2) is 10.2. The molecule has 0 saturated carbocycles. The van der Waals surface area contributed by atoms with Crippen LogP contribution in [0.3, 0.4) is 0 Å². The molecule has 1 N–H and O–H groups in total. The van der Waals surface area contributed by atoms with Crippen molar-refractivity contribution >= 4 is 22.0 Å². The number of esters is 1. The lowest BCUT2D eigenvalue weighted by Gasteiger charge is -2.13. The van der Waals surface area contributed by atoms with E-state index in [9.17, 15) is 18.0 Å². The predicted molar refractivity (Wildman–Crippen MR) is 113 cm³/mol. The molecule has 0 bridgehead atoms. The molecular formula is C22H27NO6S. The van der Waals surface area contributed by atoms with E-state index in [1.807, 2.05) is 13.8 Å². The molecule has 0 aliphatic carbocycles. The summed E-state index contributed by atoms with van der Waals surface area (Å²) in [6.07, 6.45) is 0.812. The van der Waals surface area contributed by atoms with Crippen LogP contribution in [0.2, 0.25) is 0 Å². The number of para-hydroxylation sites is 1. The first-order valence-corrected chi connectivity index (χ1v) is 11.1. The van der Waals surface area contributed by atoms with Crippen LogP contribution in [-0.2, 0) is 19.6 Å². The van der Waals surface area contributed by atoms with Gasteiger partial charge in [-0.25, -0.2) is 4.79 Å². The van der Waals surface area contributed by atoms with Gasteiger partial charge in [-0.05, 0) is 55.5 Å². The average molecular weight is 434 g/mol. The molecule has 30 heavy (non-hydrogen) atoms. The first-order chi connectivity index (χ1) is 14.1. The standard InChI is InChI=1S/C22H27NO6S/c1-15(2)11-12-23-21(24)14-28-22(25)18-7-5-6-8-19(18)29-30(26,27)20-13-16(3)9-10-17(20)4/h5-10,13,15H,11-12,14H2,1-4H3,(H,23,24). The highest BCUT2D eigenvalue weighted by molar-refractivity contribution is 7.87. The second-order valence-electron chi connectivity index (χ2n) is 7.41. The minimum atomic E-state index is -4.16. The molecule has 0 atom stereocenters. The smallest absolute Gasteiger partial charge is 0.342 e. The summed E-state index contributed by atoms with van der Waals surface area (Å²) in [4.78, 5) is 24.3. The minimum absolute atomic E-state index is 0.0233. The van der Waals surface area contributed by atoms with Crippen molar-refractivity contribution in [2.45, 2.75) is 39.0 Å². The number of hydrogen-bond acceptors (Lipinski definition) is 6. The Bertz CT molecular complexity index is 1010. The van der Waals surface area contributed by atoms with Gasteiger partial charge in [0.1, 0.15) is 10.5 Å². The summed E-state index contributed by atoms with van der Waals surface area (Å²) in [7, 11) is -4.16. The molecule has 1 amide bonds. The first kappa shape index (κ1) is 23.4. The van der Waals surface area contributed by atoms with Crippen LogP contribution in [0, 0.1) is 19.8 Å². The molecule has 2 rings (SSSR count). The van der Waals surface area contributed by atoms with E-state index in [2.05, 4.69) is 5.32 Å². The van der Waals surface area contributed by atoms with Crippen molar-refractivity contribution in [1.82, 2.24) is 5.32 Å². The van der Waals surface area contributed by atoms with Crippen LogP contribution < -0.4 is 9.50 Å². The molecule has 0 saturated heterocycles. The third-order valence-corrected chi connectivity index (χ3v) is 5.68. The zero-order valence-electron chi connectivity index (χ0n) is 17.6. The summed E-state index contributed by atoms with van der Waals surface area (Å²) in [5.74, 6) is -0.995. The van der Waals surface area contributed by atoms with Gasteiger partial charge < -0.3 is 14.2 Å². The number of benzene rings is 2. The quantitative estimate of drug-likeness (QED) is 0.481. The average Bonchev–Trinajstić information content (AvgIpc) is 2.67. The number of nitrogens with one attached hydrogen (secondary N) is 1. The number of carbonyl (C=O) groups is 2. The van der Waals surface area contributed by atoms with Crippen molar-refractivity contribution in [3.8, 4) is 5.75 Å². The van der Waals surface area contributed by atoms with Gasteiger partial charge in [0.2, 0.25) is 0 Å². The molecule has 0 spiro atoms. The zero-order chi connectivity index (χ0) is 22.3. The summed E-state index contributed by atoms with van der Waals surface area (Å²) < 4.78 is 35.8. The van der Waals surface area contributed by atoms with Crippen LogP contribution >= 0.6 is 0 Å². The molecule has 0 fully saturated rings. The summed E-state index contributed by atoms with van der Waals surface area (Å²) in [6, 6.07) is 10.8. The molecular weight excluding hydrogens is 406 g/mol. The highest BCUT2D eigenvalue weighted by atomic mass is 32.2. The molecule has 2 aromatic carbocycles. The van der Waals surface area contributed by atoms with Gasteiger partial charge in [-0.3, -0.25) is 4.79 Å². The van der Waals surface area contributed by atoms with E-state index in [4.69, 9.17) is 8.92 Å². The molecule has 0 heterocycles. The molecule has 0 unspecified atom stereocenters. The van der Waals surface area contributed by atoms with E-state index in [1.54, 1.807) is 38.1 Å². The number of hydrogen-bond donors (Lipinski definition) is 1. The number of carbonyl (C=O) groups excluding carboxylic acids is 2. The van der Waals surface area contributed by atoms with E-state index in [0.717, 1.165) is 12.0 Å². The Kier molecular flexibility index (Phi) is 8.00. The normalized spacial score (nSPS) is 11.2. The molecule has 7 nitrogen and oxygen atoms in total. The van der Waals surface area contributed by atoms with Crippen LogP contribution in [-0.4, -0.2) is 33.4 Å². The van der Waals surface area contributed by atoms with Crippen molar-refractivity contribution in [3.63, 3.8) is 0 Å². The Morgan fingerprint density at radius 2 is 1.77 bits per heavy atom. The van der Waals surface area contributed by atoms with Crippen LogP contribution in [0.15, 0.2) is 47.4 Å². The third-order valence-electron chi connectivity index (χ3n) is 4.30. The van der Waals surface area contributed by atoms with Gasteiger partial charge in [0, 0.05) is 6.54 Å². The highest BCUT2D eigenvalue weighted by Crippen LogP contribution is 2.25. The van der Waals surface area contributed by atoms with Gasteiger partial charge in [0.25, 0.3) is 5.91 Å². The Morgan fingerprint density at radius 3 is 2.47 bits per heavy atom. The molecule has 0 aromatic heterocycles. The van der Waals surface area contributed by atoms with Crippen molar-refractivity contribution in [2.24, 2.45) is 5.92 Å². The SMILES string of the molecule is Cc1ccc(C)c(S(=O)(=O)Oc2ccccc2C(=O)OCC(=O)NCCC(C)C)c1. The number of aryl methyl sites for hydroxylation is 2. The number of amides is 1. The number of ether oxygens (including phenoxy) is 1. The molecule has 162 valence electrons. The monoisotopic (exact) mass is 433 g/mol. The maximum absolute atomic E-state index is 12.8. The lowest BCUT2D eigenvalue weighted by molar-refractivity contribution is -0.124. The highest BCUT2D eigenvalue weighted by Gasteiger charge is 2.23. The summed E-state index contributed by atoms with van der Waals surface area (Å²) in [6.45, 7) is 7.53. The molecule has 0 aliphatic heterocycles. The van der Waals surface area contributed by atoms with E-state index in [1.165, 1.54) is 18.2 Å².